The van der Waals surface area contributed by atoms with Crippen LogP contribution in [0.4, 0.5) is 26.3 Å². The number of carboxylic acids is 1. The molecule has 122 valence electrons. The Morgan fingerprint density at radius 1 is 1.09 bits per heavy atom. The number of nitrogens with one attached hydrogen (secondary N) is 1. The van der Waals surface area contributed by atoms with Gasteiger partial charge in [0.05, 0.1) is 17.5 Å². The molecule has 0 aromatic heterocycles. The molecule has 0 saturated carbocycles. The van der Waals surface area contributed by atoms with Crippen molar-refractivity contribution in [2.24, 2.45) is 0 Å². The number of alkyl halides is 6. The molecule has 1 aromatic rings. The summed E-state index contributed by atoms with van der Waals surface area (Å²) in [6.45, 7) is 0. The third-order valence-electron chi connectivity index (χ3n) is 2.52. The Bertz CT molecular complexity index is 567. The van der Waals surface area contributed by atoms with Gasteiger partial charge >= 0.3 is 18.3 Å². The molecule has 0 saturated heterocycles. The van der Waals surface area contributed by atoms with Crippen LogP contribution in [0.15, 0.2) is 24.3 Å². The molecule has 1 aromatic carbocycles. The van der Waals surface area contributed by atoms with Crippen LogP contribution < -0.4 is 5.32 Å². The zero-order valence-corrected chi connectivity index (χ0v) is 10.6. The summed E-state index contributed by atoms with van der Waals surface area (Å²) in [7, 11) is 0. The standard InChI is InChI=1S/C12H9F6NO3/c13-11(14,15)5-8(10(21)22)19-9(20)6-3-1-2-4-7(6)12(16,17)18/h1-4,8H,5H2,(H,19,20)(H,21,22). The molecule has 10 heteroatoms. The topological polar surface area (TPSA) is 66.4 Å². The zero-order chi connectivity index (χ0) is 17.1. The van der Waals surface area contributed by atoms with E-state index in [1.807, 2.05) is 0 Å². The molecule has 1 rings (SSSR count). The van der Waals surface area contributed by atoms with Crippen LogP contribution in [-0.4, -0.2) is 29.2 Å². The van der Waals surface area contributed by atoms with Crippen LogP contribution in [0, 0.1) is 0 Å². The summed E-state index contributed by atoms with van der Waals surface area (Å²) in [5.74, 6) is -3.56. The molecule has 0 aliphatic heterocycles. The van der Waals surface area contributed by atoms with Gasteiger partial charge in [-0.2, -0.15) is 26.3 Å². The molecule has 0 spiro atoms. The van der Waals surface area contributed by atoms with E-state index in [0.717, 1.165) is 18.2 Å². The fourth-order valence-corrected chi connectivity index (χ4v) is 1.60. The van der Waals surface area contributed by atoms with Gasteiger partial charge in [0.1, 0.15) is 6.04 Å². The van der Waals surface area contributed by atoms with E-state index in [9.17, 15) is 35.9 Å². The van der Waals surface area contributed by atoms with Crippen molar-refractivity contribution in [3.05, 3.63) is 35.4 Å². The van der Waals surface area contributed by atoms with Crippen LogP contribution in [0.3, 0.4) is 0 Å². The van der Waals surface area contributed by atoms with Crippen LogP contribution in [0.25, 0.3) is 0 Å². The first-order valence-corrected chi connectivity index (χ1v) is 5.68. The van der Waals surface area contributed by atoms with Crippen molar-refractivity contribution in [3.8, 4) is 0 Å². The molecule has 1 unspecified atom stereocenters. The second-order valence-electron chi connectivity index (χ2n) is 4.23. The van der Waals surface area contributed by atoms with Crippen LogP contribution in [0.2, 0.25) is 0 Å². The Kier molecular flexibility index (Phi) is 5.05. The fourth-order valence-electron chi connectivity index (χ4n) is 1.60. The summed E-state index contributed by atoms with van der Waals surface area (Å²) >= 11 is 0. The first-order chi connectivity index (χ1) is 9.92. The van der Waals surface area contributed by atoms with Crippen molar-refractivity contribution in [1.82, 2.24) is 5.32 Å². The minimum atomic E-state index is -4.91. The highest BCUT2D eigenvalue weighted by Gasteiger charge is 2.38. The van der Waals surface area contributed by atoms with Gasteiger partial charge in [0.25, 0.3) is 5.91 Å². The van der Waals surface area contributed by atoms with E-state index < -0.39 is 47.8 Å². The number of carboxylic acid groups (broad SMARTS) is 1. The van der Waals surface area contributed by atoms with E-state index in [1.165, 1.54) is 5.32 Å². The summed E-state index contributed by atoms with van der Waals surface area (Å²) in [4.78, 5) is 22.4. The van der Waals surface area contributed by atoms with Crippen LogP contribution in [0.5, 0.6) is 0 Å². The molecule has 4 nitrogen and oxygen atoms in total. The second-order valence-corrected chi connectivity index (χ2v) is 4.23. The number of rotatable bonds is 4. The Hall–Kier alpha value is -2.26. The van der Waals surface area contributed by atoms with E-state index in [-0.39, 0.29) is 0 Å². The minimum absolute atomic E-state index is 0.564. The van der Waals surface area contributed by atoms with E-state index in [2.05, 4.69) is 0 Å². The lowest BCUT2D eigenvalue weighted by molar-refractivity contribution is -0.157. The number of hydrogen-bond acceptors (Lipinski definition) is 2. The minimum Gasteiger partial charge on any atom is -0.480 e. The molecule has 0 aliphatic carbocycles. The predicted octanol–water partition coefficient (Wildman–Crippen LogP) is 2.84. The number of amides is 1. The molecule has 0 bridgehead atoms. The van der Waals surface area contributed by atoms with Crippen LogP contribution in [0.1, 0.15) is 22.3 Å². The highest BCUT2D eigenvalue weighted by atomic mass is 19.4. The maximum absolute atomic E-state index is 12.7. The van der Waals surface area contributed by atoms with Crippen molar-refractivity contribution in [2.45, 2.75) is 24.8 Å². The summed E-state index contributed by atoms with van der Waals surface area (Å²) in [5.41, 5.74) is -2.33. The van der Waals surface area contributed by atoms with Gasteiger partial charge in [0, 0.05) is 0 Å². The largest absolute Gasteiger partial charge is 0.480 e. The number of halogens is 6. The average Bonchev–Trinajstić information content (AvgIpc) is 2.35. The Balaban J connectivity index is 3.04. The van der Waals surface area contributed by atoms with E-state index in [0.29, 0.717) is 6.07 Å². The first-order valence-electron chi connectivity index (χ1n) is 5.68. The Morgan fingerprint density at radius 2 is 1.64 bits per heavy atom. The van der Waals surface area contributed by atoms with Gasteiger partial charge in [-0.3, -0.25) is 4.79 Å². The van der Waals surface area contributed by atoms with E-state index in [1.54, 1.807) is 0 Å². The van der Waals surface area contributed by atoms with Gasteiger partial charge in [-0.1, -0.05) is 12.1 Å². The number of carbonyl (C=O) groups is 2. The average molecular weight is 329 g/mol. The predicted molar refractivity (Wildman–Crippen MR) is 61.0 cm³/mol. The lowest BCUT2D eigenvalue weighted by Gasteiger charge is -2.18. The van der Waals surface area contributed by atoms with Crippen molar-refractivity contribution in [2.75, 3.05) is 0 Å². The molecular weight excluding hydrogens is 320 g/mol. The molecule has 1 amide bonds. The summed E-state index contributed by atoms with van der Waals surface area (Å²) < 4.78 is 74.7. The summed E-state index contributed by atoms with van der Waals surface area (Å²) in [6, 6.07) is 0.987. The van der Waals surface area contributed by atoms with Crippen LogP contribution in [-0.2, 0) is 11.0 Å². The second kappa shape index (κ2) is 6.24. The first kappa shape index (κ1) is 17.8. The van der Waals surface area contributed by atoms with Crippen molar-refractivity contribution < 1.29 is 41.0 Å². The van der Waals surface area contributed by atoms with Gasteiger partial charge in [-0.15, -0.1) is 0 Å². The van der Waals surface area contributed by atoms with Crippen molar-refractivity contribution in [3.63, 3.8) is 0 Å². The van der Waals surface area contributed by atoms with Crippen molar-refractivity contribution >= 4 is 11.9 Å². The Morgan fingerprint density at radius 3 is 2.09 bits per heavy atom. The smallest absolute Gasteiger partial charge is 0.417 e. The molecular formula is C12H9F6NO3. The summed E-state index contributed by atoms with van der Waals surface area (Å²) in [6.07, 6.45) is -11.7. The van der Waals surface area contributed by atoms with E-state index in [4.69, 9.17) is 5.11 Å². The molecule has 0 fully saturated rings. The van der Waals surface area contributed by atoms with Gasteiger partial charge in [-0.05, 0) is 12.1 Å². The molecule has 0 aliphatic rings. The third kappa shape index (κ3) is 4.93. The molecule has 22 heavy (non-hydrogen) atoms. The van der Waals surface area contributed by atoms with Crippen LogP contribution >= 0.6 is 0 Å². The molecule has 0 radical (unpaired) electrons. The highest BCUT2D eigenvalue weighted by molar-refractivity contribution is 5.98. The number of benzene rings is 1. The molecule has 2 N–H and O–H groups in total. The van der Waals surface area contributed by atoms with Crippen molar-refractivity contribution in [1.29, 1.82) is 0 Å². The fraction of sp³-hybridized carbons (Fsp3) is 0.333. The lowest BCUT2D eigenvalue weighted by Crippen LogP contribution is -2.44. The number of aliphatic carboxylic acids is 1. The maximum atomic E-state index is 12.7. The third-order valence-corrected chi connectivity index (χ3v) is 2.52. The van der Waals surface area contributed by atoms with Gasteiger partial charge in [-0.25, -0.2) is 4.79 Å². The quantitative estimate of drug-likeness (QED) is 0.835. The SMILES string of the molecule is O=C(NC(CC(F)(F)F)C(=O)O)c1ccccc1C(F)(F)F. The Labute approximate surface area is 119 Å². The van der Waals surface area contributed by atoms with Gasteiger partial charge in [0.15, 0.2) is 0 Å². The van der Waals surface area contributed by atoms with E-state index >= 15 is 0 Å². The summed E-state index contributed by atoms with van der Waals surface area (Å²) in [5, 5.41) is 10.1. The number of carbonyl (C=O) groups excluding carboxylic acids is 1. The van der Waals surface area contributed by atoms with Gasteiger partial charge in [0.2, 0.25) is 0 Å². The number of hydrogen-bond donors (Lipinski definition) is 2. The molecule has 1 atom stereocenters. The highest BCUT2D eigenvalue weighted by Crippen LogP contribution is 2.32. The maximum Gasteiger partial charge on any atom is 0.417 e. The normalized spacial score (nSPS) is 13.5. The molecule has 0 heterocycles. The van der Waals surface area contributed by atoms with Gasteiger partial charge < -0.3 is 10.4 Å². The lowest BCUT2D eigenvalue weighted by atomic mass is 10.1. The monoisotopic (exact) mass is 329 g/mol. The zero-order valence-electron chi connectivity index (χ0n) is 10.6.